The lowest BCUT2D eigenvalue weighted by molar-refractivity contribution is 0.556. The van der Waals surface area contributed by atoms with Gasteiger partial charge in [0.1, 0.15) is 11.3 Å². The van der Waals surface area contributed by atoms with Crippen molar-refractivity contribution < 1.29 is 4.42 Å². The Morgan fingerprint density at radius 1 is 0.867 bits per heavy atom. The van der Waals surface area contributed by atoms with Crippen molar-refractivity contribution in [3.63, 3.8) is 0 Å². The van der Waals surface area contributed by atoms with E-state index in [2.05, 4.69) is 31.9 Å². The van der Waals surface area contributed by atoms with E-state index in [9.17, 15) is 0 Å². The Labute approximate surface area is 182 Å². The van der Waals surface area contributed by atoms with Gasteiger partial charge >= 0.3 is 0 Å². The highest BCUT2D eigenvalue weighted by molar-refractivity contribution is 7.98. The SMILES string of the molecule is Clc1ccc(-n2c(Cc3ccccc3)nnc2SCc2nc3ccccc3o2)cc1. The minimum absolute atomic E-state index is 0.561. The number of oxazole rings is 1. The molecule has 2 heterocycles. The Morgan fingerprint density at radius 2 is 1.63 bits per heavy atom. The van der Waals surface area contributed by atoms with E-state index < -0.39 is 0 Å². The molecule has 0 atom stereocenters. The molecule has 0 N–H and O–H groups in total. The first-order chi connectivity index (χ1) is 14.8. The highest BCUT2D eigenvalue weighted by atomic mass is 35.5. The van der Waals surface area contributed by atoms with Crippen molar-refractivity contribution in [2.75, 3.05) is 0 Å². The monoisotopic (exact) mass is 432 g/mol. The van der Waals surface area contributed by atoms with Crippen LogP contribution in [0, 0.1) is 0 Å². The van der Waals surface area contributed by atoms with Crippen LogP contribution < -0.4 is 0 Å². The molecule has 0 saturated heterocycles. The largest absolute Gasteiger partial charge is 0.440 e. The van der Waals surface area contributed by atoms with Crippen molar-refractivity contribution in [3.05, 3.63) is 101 Å². The molecule has 0 spiro atoms. The second-order valence-electron chi connectivity index (χ2n) is 6.74. The van der Waals surface area contributed by atoms with Gasteiger partial charge in [-0.05, 0) is 42.0 Å². The molecular formula is C23H17ClN4OS. The van der Waals surface area contributed by atoms with Gasteiger partial charge in [-0.2, -0.15) is 0 Å². The molecule has 5 aromatic rings. The third kappa shape index (κ3) is 3.97. The lowest BCUT2D eigenvalue weighted by Gasteiger charge is -2.10. The lowest BCUT2D eigenvalue weighted by atomic mass is 10.1. The Morgan fingerprint density at radius 3 is 2.43 bits per heavy atom. The molecule has 0 fully saturated rings. The fraction of sp³-hybridized carbons (Fsp3) is 0.0870. The molecule has 7 heteroatoms. The van der Waals surface area contributed by atoms with Gasteiger partial charge in [0.15, 0.2) is 10.7 Å². The average molecular weight is 433 g/mol. The van der Waals surface area contributed by atoms with Crippen LogP contribution in [-0.4, -0.2) is 19.7 Å². The van der Waals surface area contributed by atoms with Gasteiger partial charge in [0, 0.05) is 17.1 Å². The minimum atomic E-state index is 0.561. The maximum Gasteiger partial charge on any atom is 0.205 e. The predicted molar refractivity (Wildman–Crippen MR) is 119 cm³/mol. The van der Waals surface area contributed by atoms with Gasteiger partial charge in [-0.15, -0.1) is 10.2 Å². The van der Waals surface area contributed by atoms with Gasteiger partial charge in [0.25, 0.3) is 0 Å². The third-order valence-electron chi connectivity index (χ3n) is 4.65. The first kappa shape index (κ1) is 18.9. The molecular weight excluding hydrogens is 416 g/mol. The number of aromatic nitrogens is 4. The van der Waals surface area contributed by atoms with E-state index in [0.717, 1.165) is 27.8 Å². The molecule has 0 aliphatic carbocycles. The Kier molecular flexibility index (Phi) is 5.26. The number of para-hydroxylation sites is 2. The molecule has 0 aliphatic rings. The highest BCUT2D eigenvalue weighted by Gasteiger charge is 2.16. The summed E-state index contributed by atoms with van der Waals surface area (Å²) in [6, 6.07) is 25.7. The summed E-state index contributed by atoms with van der Waals surface area (Å²) in [6.45, 7) is 0. The van der Waals surface area contributed by atoms with Crippen LogP contribution in [0.1, 0.15) is 17.3 Å². The molecule has 3 aromatic carbocycles. The van der Waals surface area contributed by atoms with Crippen LogP contribution in [0.2, 0.25) is 5.02 Å². The number of fused-ring (bicyclic) bond motifs is 1. The zero-order chi connectivity index (χ0) is 20.3. The molecule has 0 amide bonds. The van der Waals surface area contributed by atoms with Gasteiger partial charge in [0.05, 0.1) is 5.75 Å². The topological polar surface area (TPSA) is 56.7 Å². The minimum Gasteiger partial charge on any atom is -0.440 e. The van der Waals surface area contributed by atoms with Crippen molar-refractivity contribution in [1.29, 1.82) is 0 Å². The number of halogens is 1. The molecule has 2 aromatic heterocycles. The molecule has 0 bridgehead atoms. The van der Waals surface area contributed by atoms with Crippen molar-refractivity contribution in [3.8, 4) is 5.69 Å². The van der Waals surface area contributed by atoms with Crippen LogP contribution in [0.5, 0.6) is 0 Å². The number of thioether (sulfide) groups is 1. The van der Waals surface area contributed by atoms with Gasteiger partial charge in [0.2, 0.25) is 5.89 Å². The van der Waals surface area contributed by atoms with Crippen LogP contribution >= 0.6 is 23.4 Å². The fourth-order valence-electron chi connectivity index (χ4n) is 3.24. The molecule has 0 unspecified atom stereocenters. The average Bonchev–Trinajstić information content (AvgIpc) is 3.37. The van der Waals surface area contributed by atoms with E-state index in [1.165, 1.54) is 5.56 Å². The van der Waals surface area contributed by atoms with Crippen LogP contribution in [0.25, 0.3) is 16.8 Å². The molecule has 5 nitrogen and oxygen atoms in total. The van der Waals surface area contributed by atoms with Crippen molar-refractivity contribution in [2.45, 2.75) is 17.3 Å². The summed E-state index contributed by atoms with van der Waals surface area (Å²) in [5.74, 6) is 2.09. The Balaban J connectivity index is 1.46. The van der Waals surface area contributed by atoms with Gasteiger partial charge in [-0.25, -0.2) is 4.98 Å². The summed E-state index contributed by atoms with van der Waals surface area (Å²) in [4.78, 5) is 4.55. The Hall–Kier alpha value is -3.09. The number of benzene rings is 3. The lowest BCUT2D eigenvalue weighted by Crippen LogP contribution is -2.04. The maximum absolute atomic E-state index is 6.10. The van der Waals surface area contributed by atoms with Crippen LogP contribution in [0.4, 0.5) is 0 Å². The summed E-state index contributed by atoms with van der Waals surface area (Å²) >= 11 is 7.64. The highest BCUT2D eigenvalue weighted by Crippen LogP contribution is 2.28. The molecule has 0 radical (unpaired) electrons. The number of hydrogen-bond acceptors (Lipinski definition) is 5. The van der Waals surface area contributed by atoms with E-state index in [0.29, 0.717) is 23.1 Å². The quantitative estimate of drug-likeness (QED) is 0.310. The molecule has 5 rings (SSSR count). The zero-order valence-corrected chi connectivity index (χ0v) is 17.5. The Bertz CT molecular complexity index is 1250. The van der Waals surface area contributed by atoms with Crippen LogP contribution in [-0.2, 0) is 12.2 Å². The van der Waals surface area contributed by atoms with Gasteiger partial charge < -0.3 is 4.42 Å². The number of hydrogen-bond donors (Lipinski definition) is 0. The first-order valence-electron chi connectivity index (χ1n) is 9.48. The van der Waals surface area contributed by atoms with Crippen LogP contribution in [0.15, 0.2) is 88.4 Å². The zero-order valence-electron chi connectivity index (χ0n) is 15.9. The molecule has 0 saturated carbocycles. The van der Waals surface area contributed by atoms with E-state index in [-0.39, 0.29) is 0 Å². The number of nitrogens with zero attached hydrogens (tertiary/aromatic N) is 4. The fourth-order valence-corrected chi connectivity index (χ4v) is 4.18. The summed E-state index contributed by atoms with van der Waals surface area (Å²) in [7, 11) is 0. The third-order valence-corrected chi connectivity index (χ3v) is 5.82. The van der Waals surface area contributed by atoms with Crippen LogP contribution in [0.3, 0.4) is 0 Å². The van der Waals surface area contributed by atoms with Crippen molar-refractivity contribution in [1.82, 2.24) is 19.7 Å². The molecule has 148 valence electrons. The maximum atomic E-state index is 6.10. The summed E-state index contributed by atoms with van der Waals surface area (Å²) in [5, 5.41) is 10.4. The summed E-state index contributed by atoms with van der Waals surface area (Å²) in [6.07, 6.45) is 0.680. The van der Waals surface area contributed by atoms with Gasteiger partial charge in [-0.1, -0.05) is 65.8 Å². The van der Waals surface area contributed by atoms with Gasteiger partial charge in [-0.3, -0.25) is 4.57 Å². The van der Waals surface area contributed by atoms with Crippen molar-refractivity contribution >= 4 is 34.5 Å². The normalized spacial score (nSPS) is 11.2. The first-order valence-corrected chi connectivity index (χ1v) is 10.8. The smallest absolute Gasteiger partial charge is 0.205 e. The molecule has 30 heavy (non-hydrogen) atoms. The summed E-state index contributed by atoms with van der Waals surface area (Å²) < 4.78 is 7.91. The van der Waals surface area contributed by atoms with E-state index >= 15 is 0 Å². The van der Waals surface area contributed by atoms with Crippen molar-refractivity contribution in [2.24, 2.45) is 0 Å². The second-order valence-corrected chi connectivity index (χ2v) is 8.12. The second kappa shape index (κ2) is 8.34. The van der Waals surface area contributed by atoms with E-state index in [1.54, 1.807) is 11.8 Å². The van der Waals surface area contributed by atoms with E-state index in [4.69, 9.17) is 16.0 Å². The summed E-state index contributed by atoms with van der Waals surface area (Å²) in [5.41, 5.74) is 3.79. The molecule has 0 aliphatic heterocycles. The standard InChI is InChI=1S/C23H17ClN4OS/c24-17-10-12-18(13-11-17)28-21(14-16-6-2-1-3-7-16)26-27-23(28)30-15-22-25-19-8-4-5-9-20(19)29-22/h1-13H,14-15H2. The number of rotatable bonds is 6. The van der Waals surface area contributed by atoms with E-state index in [1.807, 2.05) is 66.7 Å². The predicted octanol–water partition coefficient (Wildman–Crippen LogP) is 5.95.